The molecule has 2 heterocycles. The van der Waals surface area contributed by atoms with Crippen molar-refractivity contribution < 1.29 is 5.11 Å². The summed E-state index contributed by atoms with van der Waals surface area (Å²) in [5.74, 6) is -0.105. The first-order valence-electron chi connectivity index (χ1n) is 9.70. The Morgan fingerprint density at radius 3 is 2.36 bits per heavy atom. The SMILES string of the molecule is CCN1C(=C=Cc2c(O)n(CC)c(=S)n(CC)c2=O)C(C)(C)c2ccccc21. The van der Waals surface area contributed by atoms with Gasteiger partial charge >= 0.3 is 0 Å². The summed E-state index contributed by atoms with van der Waals surface area (Å²) in [6.07, 6.45) is 1.61. The molecular weight excluding hydrogens is 370 g/mol. The summed E-state index contributed by atoms with van der Waals surface area (Å²) >= 11 is 5.36. The third-order valence-corrected chi connectivity index (χ3v) is 5.91. The molecule has 1 N–H and O–H groups in total. The van der Waals surface area contributed by atoms with E-state index in [0.29, 0.717) is 17.9 Å². The number of aromatic nitrogens is 2. The van der Waals surface area contributed by atoms with Crippen LogP contribution in [-0.4, -0.2) is 20.8 Å². The molecule has 0 aliphatic carbocycles. The maximum atomic E-state index is 12.9. The summed E-state index contributed by atoms with van der Waals surface area (Å²) < 4.78 is 3.41. The molecule has 148 valence electrons. The van der Waals surface area contributed by atoms with Gasteiger partial charge in [0.15, 0.2) is 4.77 Å². The van der Waals surface area contributed by atoms with E-state index in [1.54, 1.807) is 10.6 Å². The van der Waals surface area contributed by atoms with Crippen LogP contribution in [-0.2, 0) is 18.5 Å². The fourth-order valence-electron chi connectivity index (χ4n) is 3.95. The molecule has 1 aromatic carbocycles. The van der Waals surface area contributed by atoms with Crippen LogP contribution in [0.4, 0.5) is 5.69 Å². The minimum atomic E-state index is -0.292. The Bertz CT molecular complexity index is 1100. The molecule has 0 bridgehead atoms. The highest BCUT2D eigenvalue weighted by molar-refractivity contribution is 7.71. The van der Waals surface area contributed by atoms with Crippen LogP contribution in [0, 0.1) is 4.77 Å². The Hall–Kier alpha value is -2.56. The van der Waals surface area contributed by atoms with Gasteiger partial charge in [-0.1, -0.05) is 23.9 Å². The van der Waals surface area contributed by atoms with Crippen LogP contribution >= 0.6 is 12.2 Å². The van der Waals surface area contributed by atoms with Crippen molar-refractivity contribution in [3.8, 4) is 5.88 Å². The minimum Gasteiger partial charge on any atom is -0.494 e. The lowest BCUT2D eigenvalue weighted by molar-refractivity contribution is 0.399. The molecule has 5 nitrogen and oxygen atoms in total. The van der Waals surface area contributed by atoms with Crippen LogP contribution in [0.5, 0.6) is 5.88 Å². The Labute approximate surface area is 170 Å². The van der Waals surface area contributed by atoms with Gasteiger partial charge < -0.3 is 10.0 Å². The first kappa shape index (κ1) is 20.2. The van der Waals surface area contributed by atoms with Crippen molar-refractivity contribution >= 4 is 24.0 Å². The molecule has 0 saturated heterocycles. The van der Waals surface area contributed by atoms with E-state index in [1.807, 2.05) is 26.0 Å². The highest BCUT2D eigenvalue weighted by atomic mass is 32.1. The predicted molar refractivity (Wildman–Crippen MR) is 117 cm³/mol. The van der Waals surface area contributed by atoms with Gasteiger partial charge in [-0.25, -0.2) is 0 Å². The summed E-state index contributed by atoms with van der Waals surface area (Å²) in [5.41, 5.74) is 6.37. The second-order valence-corrected chi connectivity index (χ2v) is 7.70. The molecule has 28 heavy (non-hydrogen) atoms. The van der Waals surface area contributed by atoms with Crippen LogP contribution in [0.1, 0.15) is 45.7 Å². The second kappa shape index (κ2) is 7.46. The largest absolute Gasteiger partial charge is 0.494 e. The number of para-hydroxylation sites is 1. The standard InChI is InChI=1S/C22H27N3O2S/c1-6-23-17-12-10-9-11-16(17)22(4,5)18(23)14-13-15-19(26)24(7-2)21(28)25(8-3)20(15)27/h9-13,26H,6-8H2,1-5H3. The van der Waals surface area contributed by atoms with Crippen LogP contribution in [0.15, 0.2) is 40.5 Å². The van der Waals surface area contributed by atoms with E-state index in [0.717, 1.165) is 17.9 Å². The number of aromatic hydroxyl groups is 1. The Kier molecular flexibility index (Phi) is 5.37. The van der Waals surface area contributed by atoms with E-state index in [9.17, 15) is 9.90 Å². The average molecular weight is 398 g/mol. The number of likely N-dealkylation sites (N-methyl/N-ethyl adjacent to an activating group) is 1. The Morgan fingerprint density at radius 1 is 1.11 bits per heavy atom. The lowest BCUT2D eigenvalue weighted by atomic mass is 9.84. The fourth-order valence-corrected chi connectivity index (χ4v) is 4.38. The number of allylic oxidation sites excluding steroid dienone is 1. The minimum absolute atomic E-state index is 0.105. The molecular formula is C22H27N3O2S. The monoisotopic (exact) mass is 397 g/mol. The molecule has 1 aliphatic heterocycles. The van der Waals surface area contributed by atoms with Crippen molar-refractivity contribution in [2.45, 2.75) is 53.1 Å². The van der Waals surface area contributed by atoms with Crippen LogP contribution in [0.25, 0.3) is 6.08 Å². The quantitative estimate of drug-likeness (QED) is 0.612. The molecule has 6 heteroatoms. The van der Waals surface area contributed by atoms with Crippen molar-refractivity contribution in [2.24, 2.45) is 0 Å². The van der Waals surface area contributed by atoms with Crippen LogP contribution < -0.4 is 10.5 Å². The van der Waals surface area contributed by atoms with Gasteiger partial charge in [0.2, 0.25) is 5.88 Å². The highest BCUT2D eigenvalue weighted by Gasteiger charge is 2.39. The van der Waals surface area contributed by atoms with Gasteiger partial charge in [0, 0.05) is 36.8 Å². The normalized spacial score (nSPS) is 14.8. The lowest BCUT2D eigenvalue weighted by Gasteiger charge is -2.24. The number of nitrogens with zero attached hydrogens (tertiary/aromatic N) is 3. The Morgan fingerprint density at radius 2 is 1.75 bits per heavy atom. The summed E-state index contributed by atoms with van der Waals surface area (Å²) in [6, 6.07) is 8.31. The van der Waals surface area contributed by atoms with Gasteiger partial charge in [-0.3, -0.25) is 13.9 Å². The Balaban J connectivity index is 2.28. The van der Waals surface area contributed by atoms with Crippen LogP contribution in [0.3, 0.4) is 0 Å². The average Bonchev–Trinajstić information content (AvgIpc) is 2.89. The number of hydrogen-bond acceptors (Lipinski definition) is 4. The van der Waals surface area contributed by atoms with E-state index < -0.39 is 0 Å². The fraction of sp³-hybridized carbons (Fsp3) is 0.409. The topological polar surface area (TPSA) is 50.4 Å². The highest BCUT2D eigenvalue weighted by Crippen LogP contribution is 2.46. The van der Waals surface area contributed by atoms with E-state index in [2.05, 4.69) is 43.5 Å². The molecule has 1 aromatic heterocycles. The van der Waals surface area contributed by atoms with Crippen molar-refractivity contribution in [3.05, 3.63) is 61.9 Å². The van der Waals surface area contributed by atoms with Gasteiger partial charge in [-0.15, -0.1) is 0 Å². The molecule has 0 unspecified atom stereocenters. The maximum Gasteiger partial charge on any atom is 0.266 e. The summed E-state index contributed by atoms with van der Waals surface area (Å²) in [7, 11) is 0. The third-order valence-electron chi connectivity index (χ3n) is 5.47. The van der Waals surface area contributed by atoms with Crippen molar-refractivity contribution in [1.29, 1.82) is 0 Å². The number of fused-ring (bicyclic) bond motifs is 1. The van der Waals surface area contributed by atoms with Gasteiger partial charge in [0.05, 0.1) is 5.70 Å². The lowest BCUT2D eigenvalue weighted by Crippen LogP contribution is -2.27. The first-order valence-corrected chi connectivity index (χ1v) is 10.1. The predicted octanol–water partition coefficient (Wildman–Crippen LogP) is 4.44. The van der Waals surface area contributed by atoms with Crippen molar-refractivity contribution in [3.63, 3.8) is 0 Å². The third kappa shape index (κ3) is 2.93. The molecule has 1 aliphatic rings. The number of rotatable bonds is 4. The second-order valence-electron chi connectivity index (χ2n) is 7.34. The zero-order chi connectivity index (χ0) is 20.6. The summed E-state index contributed by atoms with van der Waals surface area (Å²) in [4.78, 5) is 15.1. The van der Waals surface area contributed by atoms with E-state index in [1.165, 1.54) is 10.1 Å². The smallest absolute Gasteiger partial charge is 0.266 e. The van der Waals surface area contributed by atoms with Gasteiger partial charge in [0.25, 0.3) is 5.56 Å². The van der Waals surface area contributed by atoms with E-state index in [-0.39, 0.29) is 22.4 Å². The summed E-state index contributed by atoms with van der Waals surface area (Å²) in [6.45, 7) is 11.9. The number of hydrogen-bond donors (Lipinski definition) is 1. The van der Waals surface area contributed by atoms with Gasteiger partial charge in [-0.05, 0) is 58.5 Å². The summed E-state index contributed by atoms with van der Waals surface area (Å²) in [5, 5.41) is 10.7. The van der Waals surface area contributed by atoms with Crippen molar-refractivity contribution in [2.75, 3.05) is 11.4 Å². The van der Waals surface area contributed by atoms with Gasteiger partial charge in [-0.2, -0.15) is 0 Å². The van der Waals surface area contributed by atoms with Crippen LogP contribution in [0.2, 0.25) is 0 Å². The molecule has 0 amide bonds. The maximum absolute atomic E-state index is 12.9. The molecule has 2 aromatic rings. The van der Waals surface area contributed by atoms with E-state index >= 15 is 0 Å². The molecule has 0 spiro atoms. The van der Waals surface area contributed by atoms with Gasteiger partial charge in [0.1, 0.15) is 5.56 Å². The molecule has 0 fully saturated rings. The molecule has 0 radical (unpaired) electrons. The zero-order valence-corrected chi connectivity index (χ0v) is 17.9. The number of anilines is 1. The van der Waals surface area contributed by atoms with Crippen molar-refractivity contribution in [1.82, 2.24) is 9.13 Å². The van der Waals surface area contributed by atoms with E-state index in [4.69, 9.17) is 12.2 Å². The molecule has 0 atom stereocenters. The number of benzene rings is 1. The zero-order valence-electron chi connectivity index (χ0n) is 17.1. The molecule has 3 rings (SSSR count). The molecule has 0 saturated carbocycles. The first-order chi connectivity index (χ1) is 13.3.